The van der Waals surface area contributed by atoms with Gasteiger partial charge >= 0.3 is 0 Å². The first-order valence-electron chi connectivity index (χ1n) is 9.95. The standard InChI is InChI=1S/C22H29N3O5S/c1-5-25(15-21(26)24-18-7-6-8-19(14-18)30-4)22(27)11-12-23-31(28,29)20-10-9-16(2)13-17(20)3/h6-10,13-14,23H,5,11-12,15H2,1-4H3,(H,24,26). The molecule has 0 fully saturated rings. The summed E-state index contributed by atoms with van der Waals surface area (Å²) in [4.78, 5) is 26.4. The monoisotopic (exact) mass is 447 g/mol. The van der Waals surface area contributed by atoms with E-state index in [2.05, 4.69) is 10.0 Å². The van der Waals surface area contributed by atoms with Gasteiger partial charge in [-0.1, -0.05) is 23.8 Å². The van der Waals surface area contributed by atoms with Gasteiger partial charge in [-0.3, -0.25) is 9.59 Å². The minimum Gasteiger partial charge on any atom is -0.497 e. The van der Waals surface area contributed by atoms with Crippen LogP contribution in [-0.4, -0.2) is 51.9 Å². The number of amides is 2. The molecule has 0 heterocycles. The van der Waals surface area contributed by atoms with Gasteiger partial charge in [0.05, 0.1) is 18.6 Å². The lowest BCUT2D eigenvalue weighted by molar-refractivity contribution is -0.134. The molecule has 0 radical (unpaired) electrons. The van der Waals surface area contributed by atoms with E-state index in [4.69, 9.17) is 4.74 Å². The maximum Gasteiger partial charge on any atom is 0.243 e. The Morgan fingerprint density at radius 3 is 2.48 bits per heavy atom. The highest BCUT2D eigenvalue weighted by Crippen LogP contribution is 2.17. The Kier molecular flexibility index (Phi) is 8.58. The molecule has 2 rings (SSSR count). The first-order chi connectivity index (χ1) is 14.7. The molecule has 8 nitrogen and oxygen atoms in total. The normalized spacial score (nSPS) is 11.1. The lowest BCUT2D eigenvalue weighted by Crippen LogP contribution is -2.39. The van der Waals surface area contributed by atoms with Crippen molar-refractivity contribution in [1.82, 2.24) is 9.62 Å². The fraction of sp³-hybridized carbons (Fsp3) is 0.364. The SMILES string of the molecule is CCN(CC(=O)Nc1cccc(OC)c1)C(=O)CCNS(=O)(=O)c1ccc(C)cc1C. The second kappa shape index (κ2) is 10.9. The van der Waals surface area contributed by atoms with Crippen LogP contribution in [0.4, 0.5) is 5.69 Å². The number of nitrogens with zero attached hydrogens (tertiary/aromatic N) is 1. The van der Waals surface area contributed by atoms with Gasteiger partial charge in [0.2, 0.25) is 21.8 Å². The molecule has 0 spiro atoms. The number of rotatable bonds is 10. The van der Waals surface area contributed by atoms with Crippen molar-refractivity contribution in [1.29, 1.82) is 0 Å². The van der Waals surface area contributed by atoms with E-state index < -0.39 is 10.0 Å². The molecule has 168 valence electrons. The Hall–Kier alpha value is -2.91. The van der Waals surface area contributed by atoms with Crippen LogP contribution in [0.3, 0.4) is 0 Å². The summed E-state index contributed by atoms with van der Waals surface area (Å²) in [6, 6.07) is 12.0. The minimum atomic E-state index is -3.72. The molecule has 31 heavy (non-hydrogen) atoms. The quantitative estimate of drug-likeness (QED) is 0.582. The number of likely N-dealkylation sites (N-methyl/N-ethyl adjacent to an activating group) is 1. The van der Waals surface area contributed by atoms with Crippen LogP contribution in [0.25, 0.3) is 0 Å². The zero-order chi connectivity index (χ0) is 23.0. The lowest BCUT2D eigenvalue weighted by atomic mass is 10.2. The van der Waals surface area contributed by atoms with Crippen molar-refractivity contribution in [3.8, 4) is 5.75 Å². The minimum absolute atomic E-state index is 0.0512. The third-order valence-corrected chi connectivity index (χ3v) is 6.29. The molecule has 9 heteroatoms. The summed E-state index contributed by atoms with van der Waals surface area (Å²) in [5, 5.41) is 2.72. The molecule has 0 aliphatic rings. The van der Waals surface area contributed by atoms with E-state index in [1.54, 1.807) is 56.3 Å². The summed E-state index contributed by atoms with van der Waals surface area (Å²) in [5.41, 5.74) is 2.18. The number of ether oxygens (including phenoxy) is 1. The molecule has 2 amide bonds. The highest BCUT2D eigenvalue weighted by molar-refractivity contribution is 7.89. The van der Waals surface area contributed by atoms with Gasteiger partial charge in [0.15, 0.2) is 0 Å². The van der Waals surface area contributed by atoms with Crippen molar-refractivity contribution >= 4 is 27.5 Å². The van der Waals surface area contributed by atoms with E-state index in [0.717, 1.165) is 5.56 Å². The topological polar surface area (TPSA) is 105 Å². The number of nitrogens with one attached hydrogen (secondary N) is 2. The molecule has 0 saturated heterocycles. The van der Waals surface area contributed by atoms with Gasteiger partial charge in [0.25, 0.3) is 0 Å². The van der Waals surface area contributed by atoms with Gasteiger partial charge in [-0.2, -0.15) is 0 Å². The number of methoxy groups -OCH3 is 1. The van der Waals surface area contributed by atoms with Crippen LogP contribution in [-0.2, 0) is 19.6 Å². The summed E-state index contributed by atoms with van der Waals surface area (Å²) in [6.45, 7) is 5.52. The summed E-state index contributed by atoms with van der Waals surface area (Å²) in [7, 11) is -2.18. The van der Waals surface area contributed by atoms with Gasteiger partial charge in [0, 0.05) is 31.3 Å². The average molecular weight is 448 g/mol. The smallest absolute Gasteiger partial charge is 0.243 e. The third-order valence-electron chi connectivity index (χ3n) is 4.67. The van der Waals surface area contributed by atoms with Crippen molar-refractivity contribution < 1.29 is 22.7 Å². The molecule has 0 saturated carbocycles. The van der Waals surface area contributed by atoms with Crippen LogP contribution in [0.5, 0.6) is 5.75 Å². The summed E-state index contributed by atoms with van der Waals surface area (Å²) in [5.74, 6) is -0.0525. The van der Waals surface area contributed by atoms with E-state index in [1.165, 1.54) is 12.0 Å². The first kappa shape index (κ1) is 24.4. The number of hydrogen-bond acceptors (Lipinski definition) is 5. The van der Waals surface area contributed by atoms with E-state index in [0.29, 0.717) is 23.5 Å². The van der Waals surface area contributed by atoms with Gasteiger partial charge in [-0.25, -0.2) is 13.1 Å². The number of anilines is 1. The van der Waals surface area contributed by atoms with Crippen LogP contribution < -0.4 is 14.8 Å². The van der Waals surface area contributed by atoms with Crippen molar-refractivity contribution in [2.45, 2.75) is 32.1 Å². The predicted octanol–water partition coefficient (Wildman–Crippen LogP) is 2.47. The molecule has 0 unspecified atom stereocenters. The maximum atomic E-state index is 12.5. The average Bonchev–Trinajstić information content (AvgIpc) is 2.71. The van der Waals surface area contributed by atoms with Gasteiger partial charge in [0.1, 0.15) is 5.75 Å². The Balaban J connectivity index is 1.89. The van der Waals surface area contributed by atoms with E-state index >= 15 is 0 Å². The van der Waals surface area contributed by atoms with Crippen molar-refractivity contribution in [2.75, 3.05) is 32.1 Å². The summed E-state index contributed by atoms with van der Waals surface area (Å²) in [6.07, 6.45) is -0.0512. The Bertz CT molecular complexity index is 1040. The van der Waals surface area contributed by atoms with E-state index in [9.17, 15) is 18.0 Å². The zero-order valence-corrected chi connectivity index (χ0v) is 19.1. The molecular weight excluding hydrogens is 418 g/mol. The van der Waals surface area contributed by atoms with Crippen LogP contribution in [0.15, 0.2) is 47.4 Å². The van der Waals surface area contributed by atoms with E-state index in [1.807, 2.05) is 6.92 Å². The fourth-order valence-corrected chi connectivity index (χ4v) is 4.34. The van der Waals surface area contributed by atoms with Crippen LogP contribution >= 0.6 is 0 Å². The van der Waals surface area contributed by atoms with Crippen LogP contribution in [0, 0.1) is 13.8 Å². The molecule has 0 bridgehead atoms. The second-order valence-corrected chi connectivity index (χ2v) is 8.84. The number of carbonyl (C=O) groups is 2. The van der Waals surface area contributed by atoms with Crippen molar-refractivity contribution in [2.24, 2.45) is 0 Å². The van der Waals surface area contributed by atoms with Gasteiger partial charge in [-0.05, 0) is 44.5 Å². The van der Waals surface area contributed by atoms with Crippen LogP contribution in [0.2, 0.25) is 0 Å². The van der Waals surface area contributed by atoms with Gasteiger partial charge in [-0.15, -0.1) is 0 Å². The molecule has 2 aromatic carbocycles. The maximum absolute atomic E-state index is 12.5. The molecule has 0 aromatic heterocycles. The number of benzene rings is 2. The number of carbonyl (C=O) groups excluding carboxylic acids is 2. The first-order valence-corrected chi connectivity index (χ1v) is 11.4. The number of aryl methyl sites for hydroxylation is 2. The Labute approximate surface area is 183 Å². The molecule has 2 N–H and O–H groups in total. The predicted molar refractivity (Wildman–Crippen MR) is 120 cm³/mol. The summed E-state index contributed by atoms with van der Waals surface area (Å²) >= 11 is 0. The number of sulfonamides is 1. The molecular formula is C22H29N3O5S. The lowest BCUT2D eigenvalue weighted by Gasteiger charge is -2.20. The zero-order valence-electron chi connectivity index (χ0n) is 18.3. The third kappa shape index (κ3) is 7.08. The number of hydrogen-bond donors (Lipinski definition) is 2. The Morgan fingerprint density at radius 1 is 1.10 bits per heavy atom. The fourth-order valence-electron chi connectivity index (χ4n) is 3.08. The molecule has 2 aromatic rings. The van der Waals surface area contributed by atoms with Gasteiger partial charge < -0.3 is 15.0 Å². The van der Waals surface area contributed by atoms with Crippen LogP contribution in [0.1, 0.15) is 24.5 Å². The largest absolute Gasteiger partial charge is 0.497 e. The van der Waals surface area contributed by atoms with E-state index in [-0.39, 0.29) is 36.2 Å². The Morgan fingerprint density at radius 2 is 1.84 bits per heavy atom. The molecule has 0 atom stereocenters. The highest BCUT2D eigenvalue weighted by Gasteiger charge is 2.19. The van der Waals surface area contributed by atoms with Crippen molar-refractivity contribution in [3.63, 3.8) is 0 Å². The molecule has 0 aliphatic heterocycles. The summed E-state index contributed by atoms with van der Waals surface area (Å²) < 4.78 is 32.6. The molecule has 0 aliphatic carbocycles. The highest BCUT2D eigenvalue weighted by atomic mass is 32.2. The van der Waals surface area contributed by atoms with Crippen molar-refractivity contribution in [3.05, 3.63) is 53.6 Å². The second-order valence-electron chi connectivity index (χ2n) is 7.10.